The molecule has 0 aliphatic heterocycles. The average Bonchev–Trinajstić information content (AvgIpc) is 2.49. The third-order valence-corrected chi connectivity index (χ3v) is 2.72. The largest absolute Gasteiger partial charge is 0.295 e. The normalized spacial score (nSPS) is 8.70. The van der Waals surface area contributed by atoms with Crippen molar-refractivity contribution in [1.82, 2.24) is 9.97 Å². The Morgan fingerprint density at radius 1 is 0.950 bits per heavy atom. The Morgan fingerprint density at radius 2 is 1.35 bits per heavy atom. The minimum atomic E-state index is 0. The van der Waals surface area contributed by atoms with Gasteiger partial charge in [0, 0.05) is 35.9 Å². The molecule has 0 bridgehead atoms. The summed E-state index contributed by atoms with van der Waals surface area (Å²) in [4.78, 5) is 29.1. The van der Waals surface area contributed by atoms with Crippen molar-refractivity contribution in [3.63, 3.8) is 0 Å². The number of carbonyl (C=O) groups excluding carboxylic acids is 2. The summed E-state index contributed by atoms with van der Waals surface area (Å²) in [5.74, 6) is 0.166. The van der Waals surface area contributed by atoms with Crippen LogP contribution in [0.4, 0.5) is 0 Å². The lowest BCUT2D eigenvalue weighted by molar-refractivity contribution is 0.101. The molecule has 0 radical (unpaired) electrons. The van der Waals surface area contributed by atoms with Crippen LogP contribution in [-0.4, -0.2) is 26.9 Å². The molecule has 106 valence electrons. The first-order valence-electron chi connectivity index (χ1n) is 5.55. The molecule has 0 saturated heterocycles. The minimum Gasteiger partial charge on any atom is -0.295 e. The Hall–Kier alpha value is -1.40. The fourth-order valence-corrected chi connectivity index (χ4v) is 1.53. The van der Waals surface area contributed by atoms with Gasteiger partial charge < -0.3 is 0 Å². The Morgan fingerprint density at radius 3 is 1.65 bits per heavy atom. The van der Waals surface area contributed by atoms with Crippen LogP contribution in [-0.2, 0) is 0 Å². The van der Waals surface area contributed by atoms with Gasteiger partial charge in [0.25, 0.3) is 0 Å². The molecule has 0 aliphatic rings. The summed E-state index contributed by atoms with van der Waals surface area (Å²) in [5.41, 5.74) is 1.41. The van der Waals surface area contributed by atoms with Crippen LogP contribution in [0.1, 0.15) is 27.6 Å². The summed E-state index contributed by atoms with van der Waals surface area (Å²) in [5, 5.41) is 0.372. The van der Waals surface area contributed by atoms with Gasteiger partial charge >= 0.3 is 0 Å². The zero-order chi connectivity index (χ0) is 14.1. The van der Waals surface area contributed by atoms with Gasteiger partial charge in [-0.25, -0.2) is 0 Å². The van der Waals surface area contributed by atoms with Crippen molar-refractivity contribution in [2.45, 2.75) is 6.92 Å². The van der Waals surface area contributed by atoms with Crippen LogP contribution in [0, 0.1) is 0 Å². The summed E-state index contributed by atoms with van der Waals surface area (Å²) >= 11 is 3.08. The van der Waals surface area contributed by atoms with Crippen molar-refractivity contribution in [2.24, 2.45) is 0 Å². The van der Waals surface area contributed by atoms with Crippen LogP contribution >= 0.6 is 32.9 Å². The number of carbonyl (C=O) groups is 2. The van der Waals surface area contributed by atoms with E-state index in [1.807, 2.05) is 0 Å². The van der Waals surface area contributed by atoms with Gasteiger partial charge in [-0.15, -0.1) is 17.0 Å². The van der Waals surface area contributed by atoms with Crippen LogP contribution in [0.5, 0.6) is 0 Å². The highest BCUT2D eigenvalue weighted by Crippen LogP contribution is 1.99. The molecule has 0 unspecified atom stereocenters. The molecular formula is C14H14Br2N2O2. The van der Waals surface area contributed by atoms with E-state index in [0.717, 1.165) is 0 Å². The van der Waals surface area contributed by atoms with Crippen LogP contribution in [0.15, 0.2) is 49.1 Å². The number of rotatable bonds is 3. The van der Waals surface area contributed by atoms with E-state index in [-0.39, 0.29) is 28.5 Å². The molecule has 2 heterocycles. The fourth-order valence-electron chi connectivity index (χ4n) is 1.20. The van der Waals surface area contributed by atoms with E-state index < -0.39 is 0 Å². The molecule has 6 heteroatoms. The number of aromatic nitrogens is 2. The van der Waals surface area contributed by atoms with Crippen molar-refractivity contribution in [2.75, 3.05) is 5.33 Å². The molecule has 0 atom stereocenters. The molecular weight excluding hydrogens is 388 g/mol. The molecule has 0 saturated carbocycles. The fraction of sp³-hybridized carbons (Fsp3) is 0.143. The maximum absolute atomic E-state index is 10.9. The van der Waals surface area contributed by atoms with Gasteiger partial charge in [-0.2, -0.15) is 0 Å². The van der Waals surface area contributed by atoms with E-state index in [1.165, 1.54) is 6.92 Å². The Kier molecular flexibility index (Phi) is 9.67. The van der Waals surface area contributed by atoms with E-state index in [2.05, 4.69) is 25.9 Å². The zero-order valence-corrected chi connectivity index (χ0v) is 14.1. The second kappa shape index (κ2) is 10.4. The highest BCUT2D eigenvalue weighted by molar-refractivity contribution is 9.09. The molecule has 0 spiro atoms. The molecule has 4 nitrogen and oxygen atoms in total. The third kappa shape index (κ3) is 6.68. The van der Waals surface area contributed by atoms with Gasteiger partial charge in [0.1, 0.15) is 0 Å². The Labute approximate surface area is 136 Å². The van der Waals surface area contributed by atoms with E-state index in [9.17, 15) is 9.59 Å². The average molecular weight is 402 g/mol. The van der Waals surface area contributed by atoms with Gasteiger partial charge in [-0.05, 0) is 31.2 Å². The lowest BCUT2D eigenvalue weighted by atomic mass is 10.2. The highest BCUT2D eigenvalue weighted by Gasteiger charge is 2.00. The van der Waals surface area contributed by atoms with Gasteiger partial charge in [0.15, 0.2) is 11.6 Å². The number of halogens is 2. The summed E-state index contributed by atoms with van der Waals surface area (Å²) in [6.45, 7) is 1.54. The van der Waals surface area contributed by atoms with Crippen LogP contribution in [0.3, 0.4) is 0 Å². The van der Waals surface area contributed by atoms with E-state index in [0.29, 0.717) is 16.5 Å². The van der Waals surface area contributed by atoms with Crippen molar-refractivity contribution in [1.29, 1.82) is 0 Å². The number of hydrogen-bond donors (Lipinski definition) is 0. The maximum atomic E-state index is 10.9. The molecule has 20 heavy (non-hydrogen) atoms. The zero-order valence-electron chi connectivity index (χ0n) is 10.8. The molecule has 0 fully saturated rings. The van der Waals surface area contributed by atoms with Crippen LogP contribution in [0.25, 0.3) is 0 Å². The number of pyridine rings is 2. The molecule has 2 aromatic rings. The van der Waals surface area contributed by atoms with Crippen molar-refractivity contribution < 1.29 is 9.59 Å². The SMILES string of the molecule is Br.CC(=O)c1ccncc1.O=C(CBr)c1ccncc1. The third-order valence-electron chi connectivity index (χ3n) is 2.21. The molecule has 0 aromatic carbocycles. The second-order valence-corrected chi connectivity index (χ2v) is 4.15. The summed E-state index contributed by atoms with van der Waals surface area (Å²) in [7, 11) is 0. The summed E-state index contributed by atoms with van der Waals surface area (Å²) < 4.78 is 0. The quantitative estimate of drug-likeness (QED) is 0.583. The molecule has 0 N–H and O–H groups in total. The standard InChI is InChI=1S/C7H6BrNO.C7H7NO.BrH/c8-5-7(10)6-1-3-9-4-2-6;1-6(9)7-2-4-8-5-3-7;/h1-4H,5H2;2-5H,1H3;1H. The number of hydrogen-bond acceptors (Lipinski definition) is 4. The van der Waals surface area contributed by atoms with E-state index in [1.54, 1.807) is 49.1 Å². The maximum Gasteiger partial charge on any atom is 0.173 e. The lowest BCUT2D eigenvalue weighted by Crippen LogP contribution is -1.98. The van der Waals surface area contributed by atoms with Crippen molar-refractivity contribution in [3.8, 4) is 0 Å². The van der Waals surface area contributed by atoms with E-state index >= 15 is 0 Å². The number of Topliss-reactive ketones (excluding diaryl/α,β-unsaturated/α-hetero) is 2. The highest BCUT2D eigenvalue weighted by atomic mass is 79.9. The topological polar surface area (TPSA) is 59.9 Å². The first-order valence-corrected chi connectivity index (χ1v) is 6.67. The van der Waals surface area contributed by atoms with Crippen LogP contribution < -0.4 is 0 Å². The van der Waals surface area contributed by atoms with Crippen LogP contribution in [0.2, 0.25) is 0 Å². The monoisotopic (exact) mass is 400 g/mol. The van der Waals surface area contributed by atoms with Crippen molar-refractivity contribution >= 4 is 44.5 Å². The predicted molar refractivity (Wildman–Crippen MR) is 86.9 cm³/mol. The van der Waals surface area contributed by atoms with Gasteiger partial charge in [-0.1, -0.05) is 15.9 Å². The lowest BCUT2D eigenvalue weighted by Gasteiger charge is -1.92. The summed E-state index contributed by atoms with van der Waals surface area (Å²) in [6.07, 6.45) is 6.43. The predicted octanol–water partition coefficient (Wildman–Crippen LogP) is 3.52. The van der Waals surface area contributed by atoms with Crippen molar-refractivity contribution in [3.05, 3.63) is 60.2 Å². The Bertz CT molecular complexity index is 533. The van der Waals surface area contributed by atoms with Gasteiger partial charge in [0.05, 0.1) is 5.33 Å². The first kappa shape index (κ1) is 18.6. The molecule has 0 amide bonds. The second-order valence-electron chi connectivity index (χ2n) is 3.58. The molecule has 2 rings (SSSR count). The smallest absolute Gasteiger partial charge is 0.173 e. The first-order chi connectivity index (χ1) is 9.15. The van der Waals surface area contributed by atoms with E-state index in [4.69, 9.17) is 0 Å². The van der Waals surface area contributed by atoms with Gasteiger partial charge in [0.2, 0.25) is 0 Å². The number of ketones is 2. The molecule has 0 aliphatic carbocycles. The van der Waals surface area contributed by atoms with Gasteiger partial charge in [-0.3, -0.25) is 19.6 Å². The minimum absolute atomic E-state index is 0. The molecule has 2 aromatic heterocycles. The summed E-state index contributed by atoms with van der Waals surface area (Å²) in [6, 6.07) is 6.79. The number of alkyl halides is 1. The number of nitrogens with zero attached hydrogens (tertiary/aromatic N) is 2. The Balaban J connectivity index is 0.000000345.